The molecule has 0 saturated carbocycles. The molecule has 27 heavy (non-hydrogen) atoms. The van der Waals surface area contributed by atoms with Crippen molar-refractivity contribution >= 4 is 35.6 Å². The van der Waals surface area contributed by atoms with Gasteiger partial charge in [0, 0.05) is 25.8 Å². The van der Waals surface area contributed by atoms with Gasteiger partial charge in [-0.15, -0.1) is 59.3 Å². The third kappa shape index (κ3) is 5.75. The number of fused-ring (bicyclic) bond motifs is 1. The maximum atomic E-state index is 2.39. The van der Waals surface area contributed by atoms with Gasteiger partial charge in [-0.2, -0.15) is 6.07 Å². The smallest absolute Gasteiger partial charge is 0 e. The molecule has 0 unspecified atom stereocenters. The van der Waals surface area contributed by atoms with Crippen molar-refractivity contribution in [2.24, 2.45) is 0 Å². The summed E-state index contributed by atoms with van der Waals surface area (Å²) in [7, 11) is 0. The van der Waals surface area contributed by atoms with E-state index < -0.39 is 0 Å². The van der Waals surface area contributed by atoms with Crippen LogP contribution in [0.4, 0.5) is 0 Å². The zero-order chi connectivity index (χ0) is 17.7. The van der Waals surface area contributed by atoms with Crippen LogP contribution in [0.2, 0.25) is 0 Å². The van der Waals surface area contributed by atoms with E-state index in [1.165, 1.54) is 38.6 Å². The zero-order valence-electron chi connectivity index (χ0n) is 17.4. The molecule has 0 nitrogen and oxygen atoms in total. The number of benzene rings is 2. The predicted octanol–water partition coefficient (Wildman–Crippen LogP) is 7.97. The minimum atomic E-state index is 0. The van der Waals surface area contributed by atoms with Crippen LogP contribution in [0.5, 0.6) is 0 Å². The average molecular weight is 569 g/mol. The van der Waals surface area contributed by atoms with Gasteiger partial charge in [0.2, 0.25) is 0 Å². The first-order valence-electron chi connectivity index (χ1n) is 8.88. The fraction of sp³-hybridized carbons (Fsp3) is 0.375. The van der Waals surface area contributed by atoms with E-state index in [1.54, 1.807) is 0 Å². The van der Waals surface area contributed by atoms with Gasteiger partial charge < -0.3 is 0 Å². The number of hydrogen-bond acceptors (Lipinski definition) is 0. The average Bonchev–Trinajstić information content (AvgIpc) is 2.84. The third-order valence-electron chi connectivity index (χ3n) is 4.87. The molecule has 0 aliphatic heterocycles. The Labute approximate surface area is 196 Å². The van der Waals surface area contributed by atoms with Gasteiger partial charge in [-0.3, -0.25) is 0 Å². The summed E-state index contributed by atoms with van der Waals surface area (Å²) in [6.07, 6.45) is 0. The van der Waals surface area contributed by atoms with Gasteiger partial charge >= 0.3 is 0 Å². The van der Waals surface area contributed by atoms with Crippen molar-refractivity contribution in [3.05, 3.63) is 65.2 Å². The molecule has 0 aliphatic carbocycles. The molecule has 0 radical (unpaired) electrons. The molecule has 0 spiro atoms. The fourth-order valence-corrected chi connectivity index (χ4v) is 3.29. The second kappa shape index (κ2) is 9.33. The molecular formula is C24H31Cl2Hf-. The second-order valence-electron chi connectivity index (χ2n) is 9.14. The zero-order valence-corrected chi connectivity index (χ0v) is 22.7. The second-order valence-corrected chi connectivity index (χ2v) is 9.14. The van der Waals surface area contributed by atoms with Crippen LogP contribution in [0.15, 0.2) is 48.5 Å². The molecule has 0 amide bonds. The van der Waals surface area contributed by atoms with Crippen molar-refractivity contribution in [1.82, 2.24) is 0 Å². The third-order valence-corrected chi connectivity index (χ3v) is 4.87. The van der Waals surface area contributed by atoms with Crippen molar-refractivity contribution < 1.29 is 25.8 Å². The molecule has 0 saturated heterocycles. The molecular weight excluding hydrogens is 538 g/mol. The van der Waals surface area contributed by atoms with Crippen LogP contribution in [0, 0.1) is 6.92 Å². The summed E-state index contributed by atoms with van der Waals surface area (Å²) in [5.41, 5.74) is 7.12. The van der Waals surface area contributed by atoms with Gasteiger partial charge in [0.05, 0.1) is 0 Å². The molecule has 0 heterocycles. The van der Waals surface area contributed by atoms with Crippen LogP contribution >= 0.6 is 24.8 Å². The van der Waals surface area contributed by atoms with Crippen LogP contribution in [0.1, 0.15) is 58.2 Å². The minimum absolute atomic E-state index is 0. The summed E-state index contributed by atoms with van der Waals surface area (Å²) in [5.74, 6) is 0. The Kier molecular flexibility index (Phi) is 9.16. The maximum Gasteiger partial charge on any atom is 0 e. The van der Waals surface area contributed by atoms with Crippen molar-refractivity contribution in [3.63, 3.8) is 0 Å². The van der Waals surface area contributed by atoms with Crippen LogP contribution in [-0.4, -0.2) is 0 Å². The number of halogens is 2. The monoisotopic (exact) mass is 569 g/mol. The van der Waals surface area contributed by atoms with Gasteiger partial charge in [-0.25, -0.2) is 0 Å². The first-order chi connectivity index (χ1) is 11.1. The van der Waals surface area contributed by atoms with Gasteiger partial charge in [-0.1, -0.05) is 78.3 Å². The summed E-state index contributed by atoms with van der Waals surface area (Å²) >= 11 is 0. The molecule has 0 fully saturated rings. The van der Waals surface area contributed by atoms with E-state index in [0.29, 0.717) is 0 Å². The first-order valence-corrected chi connectivity index (χ1v) is 8.88. The number of rotatable bonds is 1. The topological polar surface area (TPSA) is 0 Å². The van der Waals surface area contributed by atoms with E-state index in [4.69, 9.17) is 0 Å². The molecule has 0 aromatic heterocycles. The van der Waals surface area contributed by atoms with E-state index in [0.717, 1.165) is 0 Å². The van der Waals surface area contributed by atoms with E-state index in [1.807, 2.05) is 0 Å². The molecule has 0 aliphatic rings. The molecule has 146 valence electrons. The number of hydrogen-bond donors (Lipinski definition) is 0. The Morgan fingerprint density at radius 3 is 1.74 bits per heavy atom. The van der Waals surface area contributed by atoms with Crippen LogP contribution < -0.4 is 0 Å². The van der Waals surface area contributed by atoms with Crippen molar-refractivity contribution in [2.75, 3.05) is 0 Å². The van der Waals surface area contributed by atoms with E-state index in [9.17, 15) is 0 Å². The van der Waals surface area contributed by atoms with Crippen LogP contribution in [0.25, 0.3) is 21.9 Å². The van der Waals surface area contributed by atoms with E-state index in [2.05, 4.69) is 97.0 Å². The molecule has 0 bridgehead atoms. The molecule has 3 heteroatoms. The summed E-state index contributed by atoms with van der Waals surface area (Å²) in [4.78, 5) is 0. The normalized spacial score (nSPS) is 11.4. The minimum Gasteiger partial charge on any atom is -0.165 e. The standard InChI is InChI=1S/C24H29.2ClH.Hf/c1-16-11-17-9-8-10-21(22(17)12-16)18-13-19(23(2,3)4)15-20(14-18)24(5,6)7;;;/h8-15H,1-7H3;2*1H;/q-1;;;. The Bertz CT molecular complexity index is 861. The van der Waals surface area contributed by atoms with Gasteiger partial charge in [-0.05, 0) is 27.5 Å². The maximum absolute atomic E-state index is 2.39. The van der Waals surface area contributed by atoms with Gasteiger partial charge in [0.25, 0.3) is 0 Å². The van der Waals surface area contributed by atoms with Gasteiger partial charge in [0.15, 0.2) is 0 Å². The van der Waals surface area contributed by atoms with E-state index in [-0.39, 0.29) is 61.5 Å². The first kappa shape index (κ1) is 26.5. The SMILES string of the molecule is Cc1cc2c(-c3cc(C(C)(C)C)cc(C(C)(C)C)c3)cccc2[cH-]1.Cl.Cl.[Hf]. The Morgan fingerprint density at radius 2 is 1.26 bits per heavy atom. The molecule has 3 rings (SSSR count). The molecule has 0 atom stereocenters. The van der Waals surface area contributed by atoms with Crippen LogP contribution in [0.3, 0.4) is 0 Å². The van der Waals surface area contributed by atoms with Crippen molar-refractivity contribution in [1.29, 1.82) is 0 Å². The quantitative estimate of drug-likeness (QED) is 0.206. The van der Waals surface area contributed by atoms with Gasteiger partial charge in [0.1, 0.15) is 0 Å². The summed E-state index contributed by atoms with van der Waals surface area (Å²) in [5, 5.41) is 2.70. The van der Waals surface area contributed by atoms with Crippen molar-refractivity contribution in [2.45, 2.75) is 59.3 Å². The summed E-state index contributed by atoms with van der Waals surface area (Å²) in [6, 6.07) is 18.4. The Hall–Kier alpha value is -0.500. The number of aryl methyl sites for hydroxylation is 1. The Morgan fingerprint density at radius 1 is 0.741 bits per heavy atom. The largest absolute Gasteiger partial charge is 0.165 e. The Balaban J connectivity index is 0.00000225. The molecule has 3 aromatic rings. The molecule has 0 N–H and O–H groups in total. The predicted molar refractivity (Wildman–Crippen MR) is 122 cm³/mol. The van der Waals surface area contributed by atoms with Crippen LogP contribution in [-0.2, 0) is 36.7 Å². The fourth-order valence-electron chi connectivity index (χ4n) is 3.29. The van der Waals surface area contributed by atoms with E-state index >= 15 is 0 Å². The molecule has 3 aromatic carbocycles. The van der Waals surface area contributed by atoms with Crippen molar-refractivity contribution in [3.8, 4) is 11.1 Å². The summed E-state index contributed by atoms with van der Waals surface area (Å²) in [6.45, 7) is 16.0. The summed E-state index contributed by atoms with van der Waals surface area (Å²) < 4.78 is 0.